The van der Waals surface area contributed by atoms with E-state index < -0.39 is 12.2 Å². The first-order valence-electron chi connectivity index (χ1n) is 11.2. The molecular weight excluding hydrogens is 585 g/mol. The zero-order chi connectivity index (χ0) is 25.6. The molecule has 0 spiro atoms. The number of hydrogen-bond acceptors (Lipinski definition) is 7. The topological polar surface area (TPSA) is 110 Å². The molecule has 0 saturated carbocycles. The zero-order valence-corrected chi connectivity index (χ0v) is 22.9. The van der Waals surface area contributed by atoms with Crippen molar-refractivity contribution in [2.45, 2.75) is 51.5 Å². The summed E-state index contributed by atoms with van der Waals surface area (Å²) in [7, 11) is 0. The zero-order valence-electron chi connectivity index (χ0n) is 20.0. The van der Waals surface area contributed by atoms with Gasteiger partial charge in [0.25, 0.3) is 0 Å². The first-order chi connectivity index (χ1) is 16.6. The molecule has 2 atom stereocenters. The average molecular weight is 616 g/mol. The van der Waals surface area contributed by atoms with Gasteiger partial charge in [0, 0.05) is 5.41 Å². The van der Waals surface area contributed by atoms with Gasteiger partial charge >= 0.3 is 0 Å². The van der Waals surface area contributed by atoms with Crippen LogP contribution in [0.15, 0.2) is 42.5 Å². The molecule has 0 aliphatic rings. The summed E-state index contributed by atoms with van der Waals surface area (Å²) in [4.78, 5) is 0. The molecule has 0 aliphatic carbocycles. The number of aromatic nitrogens is 3. The number of aliphatic hydroxyl groups excluding tert-OH is 3. The van der Waals surface area contributed by atoms with Crippen LogP contribution in [0.2, 0.25) is 0 Å². The quantitative estimate of drug-likeness (QED) is 0.212. The van der Waals surface area contributed by atoms with Gasteiger partial charge in [-0.1, -0.05) is 43.3 Å². The summed E-state index contributed by atoms with van der Waals surface area (Å²) in [5.74, 6) is 1.52. The lowest BCUT2D eigenvalue weighted by molar-refractivity contribution is 0.0878. The molecule has 0 saturated heterocycles. The third kappa shape index (κ3) is 7.07. The summed E-state index contributed by atoms with van der Waals surface area (Å²) >= 11 is 7.65. The Bertz CT molecular complexity index is 1110. The molecular formula is C25H31ClIN3O5. The van der Waals surface area contributed by atoms with Gasteiger partial charge < -0.3 is 24.8 Å². The maximum atomic E-state index is 10.4. The molecule has 3 aromatic rings. The molecule has 10 heteroatoms. The van der Waals surface area contributed by atoms with Gasteiger partial charge in [0.05, 0.1) is 19.0 Å². The van der Waals surface area contributed by atoms with Crippen LogP contribution in [-0.4, -0.2) is 61.6 Å². The first-order valence-corrected chi connectivity index (χ1v) is 12.8. The van der Waals surface area contributed by atoms with Gasteiger partial charge in [0.15, 0.2) is 0 Å². The minimum atomic E-state index is -0.779. The van der Waals surface area contributed by atoms with E-state index in [4.69, 9.17) is 21.1 Å². The van der Waals surface area contributed by atoms with Crippen molar-refractivity contribution in [3.8, 4) is 11.5 Å². The molecule has 1 aromatic heterocycles. The predicted octanol–water partition coefficient (Wildman–Crippen LogP) is 3.43. The van der Waals surface area contributed by atoms with E-state index in [1.54, 1.807) is 4.68 Å². The molecule has 1 heterocycles. The van der Waals surface area contributed by atoms with E-state index in [1.807, 2.05) is 65.9 Å². The highest BCUT2D eigenvalue weighted by molar-refractivity contribution is 14.1. The van der Waals surface area contributed by atoms with Crippen molar-refractivity contribution in [1.29, 1.82) is 0 Å². The number of alkyl halides is 1. The second-order valence-electron chi connectivity index (χ2n) is 8.88. The molecule has 8 nitrogen and oxygen atoms in total. The standard InChI is InChI=1S/C25H31ClIN3O5/c1-16-10-18(25(2,3)17-4-7-21(8-5-17)34-14-19(32)11-26)6-9-23(16)35-15-20(33)12-30-24(27)22(13-31)28-29-30/h4-10,19-20,31-33H,11-15H2,1-3H3/t19-,20+/m1/s1. The highest BCUT2D eigenvalue weighted by Gasteiger charge is 2.24. The van der Waals surface area contributed by atoms with Crippen LogP contribution in [0.25, 0.3) is 0 Å². The van der Waals surface area contributed by atoms with Gasteiger partial charge in [0.1, 0.15) is 46.3 Å². The van der Waals surface area contributed by atoms with Crippen molar-refractivity contribution in [3.63, 3.8) is 0 Å². The number of ether oxygens (including phenoxy) is 2. The average Bonchev–Trinajstić information content (AvgIpc) is 3.20. The summed E-state index contributed by atoms with van der Waals surface area (Å²) < 4.78 is 13.7. The second kappa shape index (κ2) is 12.4. The molecule has 190 valence electrons. The van der Waals surface area contributed by atoms with Crippen molar-refractivity contribution in [2.75, 3.05) is 19.1 Å². The fraction of sp³-hybridized carbons (Fsp3) is 0.440. The van der Waals surface area contributed by atoms with E-state index in [9.17, 15) is 15.3 Å². The number of nitrogens with zero attached hydrogens (tertiary/aromatic N) is 3. The highest BCUT2D eigenvalue weighted by Crippen LogP contribution is 2.34. The van der Waals surface area contributed by atoms with E-state index in [1.165, 1.54) is 0 Å². The molecule has 0 bridgehead atoms. The van der Waals surface area contributed by atoms with Crippen LogP contribution >= 0.6 is 34.2 Å². The molecule has 3 rings (SSSR count). The third-order valence-corrected chi connectivity index (χ3v) is 7.33. The Morgan fingerprint density at radius 2 is 1.69 bits per heavy atom. The molecule has 0 amide bonds. The Hall–Kier alpha value is -1.92. The highest BCUT2D eigenvalue weighted by atomic mass is 127. The van der Waals surface area contributed by atoms with E-state index in [0.29, 0.717) is 20.9 Å². The molecule has 0 unspecified atom stereocenters. The maximum absolute atomic E-state index is 10.4. The van der Waals surface area contributed by atoms with Gasteiger partial charge in [-0.2, -0.15) is 0 Å². The fourth-order valence-corrected chi connectivity index (χ4v) is 4.22. The van der Waals surface area contributed by atoms with Crippen molar-refractivity contribution >= 4 is 34.2 Å². The van der Waals surface area contributed by atoms with E-state index in [0.717, 1.165) is 16.7 Å². The van der Waals surface area contributed by atoms with Crippen LogP contribution in [0.5, 0.6) is 11.5 Å². The van der Waals surface area contributed by atoms with Crippen LogP contribution in [0.4, 0.5) is 0 Å². The summed E-state index contributed by atoms with van der Waals surface area (Å²) in [6, 6.07) is 13.9. The predicted molar refractivity (Wildman–Crippen MR) is 142 cm³/mol. The third-order valence-electron chi connectivity index (χ3n) is 5.80. The second-order valence-corrected chi connectivity index (χ2v) is 10.2. The molecule has 2 aromatic carbocycles. The minimum Gasteiger partial charge on any atom is -0.491 e. The molecule has 0 radical (unpaired) electrons. The Morgan fingerprint density at radius 3 is 2.29 bits per heavy atom. The monoisotopic (exact) mass is 615 g/mol. The van der Waals surface area contributed by atoms with Crippen LogP contribution < -0.4 is 9.47 Å². The molecule has 0 aliphatic heterocycles. The fourth-order valence-electron chi connectivity index (χ4n) is 3.56. The van der Waals surface area contributed by atoms with Crippen LogP contribution in [0, 0.1) is 10.6 Å². The number of benzene rings is 2. The van der Waals surface area contributed by atoms with Crippen molar-refractivity contribution in [2.24, 2.45) is 0 Å². The number of aryl methyl sites for hydroxylation is 1. The Kier molecular flexibility index (Phi) is 9.77. The SMILES string of the molecule is Cc1cc(C(C)(C)c2ccc(OC[C@H](O)CCl)cc2)ccc1OC[C@@H](O)Cn1nnc(CO)c1I. The van der Waals surface area contributed by atoms with Crippen molar-refractivity contribution < 1.29 is 24.8 Å². The lowest BCUT2D eigenvalue weighted by atomic mass is 9.77. The number of hydrogen-bond donors (Lipinski definition) is 3. The minimum absolute atomic E-state index is 0.105. The number of halogens is 2. The summed E-state index contributed by atoms with van der Waals surface area (Å²) in [5.41, 5.74) is 3.44. The number of aliphatic hydroxyl groups is 3. The van der Waals surface area contributed by atoms with Gasteiger partial charge in [-0.15, -0.1) is 16.7 Å². The van der Waals surface area contributed by atoms with Gasteiger partial charge in [-0.05, 0) is 64.4 Å². The van der Waals surface area contributed by atoms with Crippen molar-refractivity contribution in [3.05, 3.63) is 68.5 Å². The van der Waals surface area contributed by atoms with E-state index in [2.05, 4.69) is 30.2 Å². The Morgan fingerprint density at radius 1 is 1.03 bits per heavy atom. The normalized spacial score (nSPS) is 13.5. The van der Waals surface area contributed by atoms with Crippen LogP contribution in [0.3, 0.4) is 0 Å². The summed E-state index contributed by atoms with van der Waals surface area (Å²) in [6.07, 6.45) is -1.47. The Balaban J connectivity index is 1.62. The first kappa shape index (κ1) is 27.7. The van der Waals surface area contributed by atoms with Gasteiger partial charge in [-0.3, -0.25) is 0 Å². The molecule has 35 heavy (non-hydrogen) atoms. The smallest absolute Gasteiger partial charge is 0.125 e. The summed E-state index contributed by atoms with van der Waals surface area (Å²) in [6.45, 7) is 6.58. The summed E-state index contributed by atoms with van der Waals surface area (Å²) in [5, 5.41) is 37.0. The largest absolute Gasteiger partial charge is 0.491 e. The molecule has 3 N–H and O–H groups in total. The lowest BCUT2D eigenvalue weighted by Crippen LogP contribution is -2.25. The molecule has 0 fully saturated rings. The Labute approximate surface area is 224 Å². The number of rotatable bonds is 12. The van der Waals surface area contributed by atoms with Crippen LogP contribution in [-0.2, 0) is 18.6 Å². The maximum Gasteiger partial charge on any atom is 0.125 e. The van der Waals surface area contributed by atoms with Gasteiger partial charge in [0.2, 0.25) is 0 Å². The van der Waals surface area contributed by atoms with E-state index >= 15 is 0 Å². The van der Waals surface area contributed by atoms with Crippen LogP contribution in [0.1, 0.15) is 36.2 Å². The van der Waals surface area contributed by atoms with Gasteiger partial charge in [-0.25, -0.2) is 4.68 Å². The van der Waals surface area contributed by atoms with Crippen molar-refractivity contribution in [1.82, 2.24) is 15.0 Å². The lowest BCUT2D eigenvalue weighted by Gasteiger charge is -2.27. The van der Waals surface area contributed by atoms with E-state index in [-0.39, 0.29) is 37.7 Å².